The number of benzene rings is 2. The van der Waals surface area contributed by atoms with E-state index in [-0.39, 0.29) is 16.2 Å². The van der Waals surface area contributed by atoms with E-state index in [0.717, 1.165) is 6.08 Å². The maximum Gasteiger partial charge on any atom is 0.337 e. The van der Waals surface area contributed by atoms with Crippen molar-refractivity contribution < 1.29 is 18.7 Å². The third-order valence-corrected chi connectivity index (χ3v) is 3.55. The zero-order valence-corrected chi connectivity index (χ0v) is 13.8. The molecular weight excluding hydrogens is 347 g/mol. The average Bonchev–Trinajstić information content (AvgIpc) is 2.61. The van der Waals surface area contributed by atoms with Crippen LogP contribution in [0, 0.1) is 17.1 Å². The van der Waals surface area contributed by atoms with Crippen LogP contribution >= 0.6 is 11.6 Å². The first-order chi connectivity index (χ1) is 12.0. The fourth-order valence-electron chi connectivity index (χ4n) is 1.95. The Morgan fingerprint density at radius 1 is 1.24 bits per heavy atom. The molecule has 0 aliphatic rings. The number of esters is 1. The SMILES string of the molecule is COC(=O)c1ccc(NC(=O)/C(C#N)=C\c2c(F)cccc2Cl)cc1. The van der Waals surface area contributed by atoms with Gasteiger partial charge in [-0.25, -0.2) is 9.18 Å². The van der Waals surface area contributed by atoms with Gasteiger partial charge in [0.15, 0.2) is 0 Å². The molecule has 0 radical (unpaired) electrons. The maximum absolute atomic E-state index is 13.8. The molecule has 2 aromatic carbocycles. The number of hydrogen-bond donors (Lipinski definition) is 1. The molecular formula is C18H12ClFN2O3. The summed E-state index contributed by atoms with van der Waals surface area (Å²) >= 11 is 5.89. The molecule has 1 N–H and O–H groups in total. The highest BCUT2D eigenvalue weighted by Gasteiger charge is 2.13. The van der Waals surface area contributed by atoms with Crippen LogP contribution in [0.1, 0.15) is 15.9 Å². The van der Waals surface area contributed by atoms with Crippen LogP contribution in [0.2, 0.25) is 5.02 Å². The van der Waals surface area contributed by atoms with Gasteiger partial charge in [0, 0.05) is 11.3 Å². The molecule has 0 spiro atoms. The molecule has 0 saturated heterocycles. The molecule has 0 saturated carbocycles. The Balaban J connectivity index is 2.22. The summed E-state index contributed by atoms with van der Waals surface area (Å²) in [5.41, 5.74) is 0.314. The van der Waals surface area contributed by atoms with Gasteiger partial charge >= 0.3 is 5.97 Å². The van der Waals surface area contributed by atoms with Crippen LogP contribution < -0.4 is 5.32 Å². The minimum atomic E-state index is -0.729. The second kappa shape index (κ2) is 8.08. The number of ether oxygens (including phenoxy) is 1. The zero-order chi connectivity index (χ0) is 18.4. The van der Waals surface area contributed by atoms with Crippen LogP contribution in [0.4, 0.5) is 10.1 Å². The van der Waals surface area contributed by atoms with Crippen LogP contribution in [0.15, 0.2) is 48.0 Å². The standard InChI is InChI=1S/C18H12ClFN2O3/c1-25-18(24)11-5-7-13(8-6-11)22-17(23)12(10-21)9-14-15(19)3-2-4-16(14)20/h2-9H,1H3,(H,22,23)/b12-9-. The molecule has 126 valence electrons. The summed E-state index contributed by atoms with van der Waals surface area (Å²) in [6.45, 7) is 0. The maximum atomic E-state index is 13.8. The fraction of sp³-hybridized carbons (Fsp3) is 0.0556. The number of methoxy groups -OCH3 is 1. The van der Waals surface area contributed by atoms with Crippen LogP contribution in [0.5, 0.6) is 0 Å². The van der Waals surface area contributed by atoms with E-state index >= 15 is 0 Å². The van der Waals surface area contributed by atoms with Crippen molar-refractivity contribution in [1.82, 2.24) is 0 Å². The summed E-state index contributed by atoms with van der Waals surface area (Å²) in [6, 6.07) is 11.7. The van der Waals surface area contributed by atoms with Crippen molar-refractivity contribution in [1.29, 1.82) is 5.26 Å². The number of anilines is 1. The van der Waals surface area contributed by atoms with Crippen molar-refractivity contribution in [2.45, 2.75) is 0 Å². The molecule has 2 aromatic rings. The van der Waals surface area contributed by atoms with E-state index in [0.29, 0.717) is 11.3 Å². The summed E-state index contributed by atoms with van der Waals surface area (Å²) in [5, 5.41) is 11.7. The van der Waals surface area contributed by atoms with E-state index in [9.17, 15) is 14.0 Å². The van der Waals surface area contributed by atoms with Gasteiger partial charge in [-0.3, -0.25) is 4.79 Å². The van der Waals surface area contributed by atoms with Gasteiger partial charge in [0.2, 0.25) is 0 Å². The highest BCUT2D eigenvalue weighted by Crippen LogP contribution is 2.22. The molecule has 0 atom stereocenters. The second-order valence-corrected chi connectivity index (χ2v) is 5.24. The third kappa shape index (κ3) is 4.43. The fourth-order valence-corrected chi connectivity index (χ4v) is 2.17. The number of nitrogens with zero attached hydrogens (tertiary/aromatic N) is 1. The number of carbonyl (C=O) groups is 2. The Hall–Kier alpha value is -3.17. The highest BCUT2D eigenvalue weighted by atomic mass is 35.5. The molecule has 0 aliphatic heterocycles. The minimum Gasteiger partial charge on any atom is -0.465 e. The quantitative estimate of drug-likeness (QED) is 0.512. The first-order valence-corrected chi connectivity index (χ1v) is 7.39. The molecule has 0 aliphatic carbocycles. The van der Waals surface area contributed by atoms with E-state index in [4.69, 9.17) is 16.9 Å². The smallest absolute Gasteiger partial charge is 0.337 e. The van der Waals surface area contributed by atoms with Gasteiger partial charge in [-0.1, -0.05) is 17.7 Å². The average molecular weight is 359 g/mol. The molecule has 2 rings (SSSR count). The van der Waals surface area contributed by atoms with E-state index in [1.54, 1.807) is 6.07 Å². The van der Waals surface area contributed by atoms with Crippen LogP contribution in [0.3, 0.4) is 0 Å². The molecule has 5 nitrogen and oxygen atoms in total. The normalized spacial score (nSPS) is 10.7. The van der Waals surface area contributed by atoms with Crippen molar-refractivity contribution >= 4 is 35.2 Å². The summed E-state index contributed by atoms with van der Waals surface area (Å²) in [4.78, 5) is 23.5. The molecule has 0 unspecified atom stereocenters. The van der Waals surface area contributed by atoms with E-state index in [1.807, 2.05) is 0 Å². The summed E-state index contributed by atoms with van der Waals surface area (Å²) in [6.07, 6.45) is 1.08. The second-order valence-electron chi connectivity index (χ2n) is 4.83. The molecule has 1 amide bonds. The largest absolute Gasteiger partial charge is 0.465 e. The molecule has 0 aromatic heterocycles. The third-order valence-electron chi connectivity index (χ3n) is 3.22. The highest BCUT2D eigenvalue weighted by molar-refractivity contribution is 6.32. The van der Waals surface area contributed by atoms with E-state index in [2.05, 4.69) is 10.1 Å². The Morgan fingerprint density at radius 3 is 2.48 bits per heavy atom. The van der Waals surface area contributed by atoms with E-state index < -0.39 is 17.7 Å². The predicted molar refractivity (Wildman–Crippen MR) is 91.4 cm³/mol. The number of amides is 1. The lowest BCUT2D eigenvalue weighted by molar-refractivity contribution is -0.112. The van der Waals surface area contributed by atoms with Gasteiger partial charge in [-0.15, -0.1) is 0 Å². The lowest BCUT2D eigenvalue weighted by Gasteiger charge is -2.06. The number of carbonyl (C=O) groups excluding carboxylic acids is 2. The van der Waals surface area contributed by atoms with Gasteiger partial charge in [-0.2, -0.15) is 5.26 Å². The summed E-state index contributed by atoms with van der Waals surface area (Å²) in [7, 11) is 1.26. The van der Waals surface area contributed by atoms with Crippen molar-refractivity contribution in [2.75, 3.05) is 12.4 Å². The first-order valence-electron chi connectivity index (χ1n) is 7.01. The monoisotopic (exact) mass is 358 g/mol. The van der Waals surface area contributed by atoms with E-state index in [1.165, 1.54) is 49.6 Å². The Labute approximate surface area is 148 Å². The predicted octanol–water partition coefficient (Wildman–Crippen LogP) is 3.81. The Bertz CT molecular complexity index is 866. The topological polar surface area (TPSA) is 79.2 Å². The Morgan fingerprint density at radius 2 is 1.92 bits per heavy atom. The number of rotatable bonds is 4. The molecule has 0 bridgehead atoms. The van der Waals surface area contributed by atoms with Crippen molar-refractivity contribution in [3.05, 3.63) is 70.0 Å². The Kier molecular flexibility index (Phi) is 5.88. The molecule has 7 heteroatoms. The van der Waals surface area contributed by atoms with Crippen LogP contribution in [0.25, 0.3) is 6.08 Å². The van der Waals surface area contributed by atoms with Crippen molar-refractivity contribution in [3.8, 4) is 6.07 Å². The van der Waals surface area contributed by atoms with Crippen LogP contribution in [-0.4, -0.2) is 19.0 Å². The van der Waals surface area contributed by atoms with Gasteiger partial charge in [0.05, 0.1) is 17.7 Å². The lowest BCUT2D eigenvalue weighted by atomic mass is 10.1. The summed E-state index contributed by atoms with van der Waals surface area (Å²) < 4.78 is 18.4. The lowest BCUT2D eigenvalue weighted by Crippen LogP contribution is -2.13. The van der Waals surface area contributed by atoms with Crippen molar-refractivity contribution in [2.24, 2.45) is 0 Å². The number of nitrogens with one attached hydrogen (secondary N) is 1. The zero-order valence-electron chi connectivity index (χ0n) is 13.0. The first kappa shape index (κ1) is 18.2. The van der Waals surface area contributed by atoms with Gasteiger partial charge < -0.3 is 10.1 Å². The number of halogens is 2. The summed E-state index contributed by atoms with van der Waals surface area (Å²) in [5.74, 6) is -1.88. The van der Waals surface area contributed by atoms with Crippen molar-refractivity contribution in [3.63, 3.8) is 0 Å². The molecule has 0 fully saturated rings. The molecule has 0 heterocycles. The van der Waals surface area contributed by atoms with Gasteiger partial charge in [-0.05, 0) is 42.5 Å². The number of hydrogen-bond acceptors (Lipinski definition) is 4. The molecule has 25 heavy (non-hydrogen) atoms. The number of nitriles is 1. The van der Waals surface area contributed by atoms with Crippen LogP contribution in [-0.2, 0) is 9.53 Å². The minimum absolute atomic E-state index is 0.0445. The van der Waals surface area contributed by atoms with Gasteiger partial charge in [0.1, 0.15) is 17.5 Å². The van der Waals surface area contributed by atoms with Gasteiger partial charge in [0.25, 0.3) is 5.91 Å².